The van der Waals surface area contributed by atoms with E-state index in [0.717, 1.165) is 39.0 Å². The molecule has 0 amide bonds. The van der Waals surface area contributed by atoms with E-state index in [-0.39, 0.29) is 5.60 Å². The lowest BCUT2D eigenvalue weighted by molar-refractivity contribution is -0.173. The lowest BCUT2D eigenvalue weighted by atomic mass is 9.67. The molecule has 3 nitrogen and oxygen atoms in total. The van der Waals surface area contributed by atoms with Gasteiger partial charge < -0.3 is 15.2 Å². The van der Waals surface area contributed by atoms with Crippen LogP contribution >= 0.6 is 0 Å². The second-order valence-electron chi connectivity index (χ2n) is 6.04. The van der Waals surface area contributed by atoms with Gasteiger partial charge in [-0.1, -0.05) is 6.92 Å². The second kappa shape index (κ2) is 5.25. The summed E-state index contributed by atoms with van der Waals surface area (Å²) in [4.78, 5) is 0. The van der Waals surface area contributed by atoms with Crippen molar-refractivity contribution in [2.75, 3.05) is 19.7 Å². The number of ether oxygens (including phenoxy) is 1. The molecule has 2 aliphatic rings. The van der Waals surface area contributed by atoms with Gasteiger partial charge in [0.1, 0.15) is 0 Å². The Bertz CT molecular complexity index is 249. The average Bonchev–Trinajstić information content (AvgIpc) is 2.27. The zero-order chi connectivity index (χ0) is 12.4. The van der Waals surface area contributed by atoms with E-state index in [1.165, 1.54) is 19.3 Å². The maximum Gasteiger partial charge on any atom is 0.0686 e. The van der Waals surface area contributed by atoms with E-state index < -0.39 is 5.60 Å². The third kappa shape index (κ3) is 3.01. The molecule has 1 saturated carbocycles. The predicted molar refractivity (Wildman–Crippen MR) is 69.0 cm³/mol. The van der Waals surface area contributed by atoms with Gasteiger partial charge in [0.05, 0.1) is 11.2 Å². The van der Waals surface area contributed by atoms with Crippen molar-refractivity contribution in [3.05, 3.63) is 0 Å². The first-order valence-corrected chi connectivity index (χ1v) is 7.15. The van der Waals surface area contributed by atoms with E-state index >= 15 is 0 Å². The fourth-order valence-electron chi connectivity index (χ4n) is 3.20. The van der Waals surface area contributed by atoms with E-state index in [0.29, 0.717) is 5.92 Å². The van der Waals surface area contributed by atoms with Gasteiger partial charge in [-0.3, -0.25) is 0 Å². The van der Waals surface area contributed by atoms with Crippen molar-refractivity contribution in [3.63, 3.8) is 0 Å². The lowest BCUT2D eigenvalue weighted by Crippen LogP contribution is -2.51. The molecule has 0 aromatic heterocycles. The highest BCUT2D eigenvalue weighted by Crippen LogP contribution is 2.47. The molecule has 17 heavy (non-hydrogen) atoms. The zero-order valence-electron chi connectivity index (χ0n) is 11.3. The Morgan fingerprint density at radius 3 is 2.82 bits per heavy atom. The molecule has 100 valence electrons. The van der Waals surface area contributed by atoms with Gasteiger partial charge in [-0.2, -0.15) is 0 Å². The van der Waals surface area contributed by atoms with Crippen LogP contribution < -0.4 is 5.32 Å². The molecule has 3 heteroatoms. The first kappa shape index (κ1) is 13.3. The summed E-state index contributed by atoms with van der Waals surface area (Å²) in [5.41, 5.74) is -0.389. The SMILES string of the molecule is CCNCCC(C)(O)C1CCOC2(CCC2)C1. The molecule has 1 spiro atoms. The third-order valence-electron chi connectivity index (χ3n) is 4.70. The Morgan fingerprint density at radius 2 is 2.24 bits per heavy atom. The van der Waals surface area contributed by atoms with Gasteiger partial charge in [0.15, 0.2) is 0 Å². The molecular formula is C14H27NO2. The lowest BCUT2D eigenvalue weighted by Gasteiger charge is -2.50. The Labute approximate surface area is 105 Å². The monoisotopic (exact) mass is 241 g/mol. The summed E-state index contributed by atoms with van der Waals surface area (Å²) in [5.74, 6) is 0.412. The predicted octanol–water partition coefficient (Wildman–Crippen LogP) is 2.09. The summed E-state index contributed by atoms with van der Waals surface area (Å²) in [5, 5.41) is 13.9. The van der Waals surface area contributed by atoms with Crippen LogP contribution in [0.5, 0.6) is 0 Å². The number of rotatable bonds is 5. The molecule has 1 heterocycles. The van der Waals surface area contributed by atoms with Crippen molar-refractivity contribution < 1.29 is 9.84 Å². The van der Waals surface area contributed by atoms with Crippen molar-refractivity contribution in [2.45, 2.75) is 63.6 Å². The van der Waals surface area contributed by atoms with Crippen molar-refractivity contribution in [1.82, 2.24) is 5.32 Å². The van der Waals surface area contributed by atoms with Crippen molar-refractivity contribution in [2.24, 2.45) is 5.92 Å². The highest BCUT2D eigenvalue weighted by Gasteiger charge is 2.46. The maximum absolute atomic E-state index is 10.6. The Kier molecular flexibility index (Phi) is 4.11. The topological polar surface area (TPSA) is 41.5 Å². The van der Waals surface area contributed by atoms with Crippen molar-refractivity contribution in [3.8, 4) is 0 Å². The number of aliphatic hydroxyl groups is 1. The van der Waals surface area contributed by atoms with Gasteiger partial charge in [-0.25, -0.2) is 0 Å². The summed E-state index contributed by atoms with van der Waals surface area (Å²) >= 11 is 0. The zero-order valence-corrected chi connectivity index (χ0v) is 11.3. The van der Waals surface area contributed by atoms with Gasteiger partial charge in [0, 0.05) is 6.61 Å². The minimum absolute atomic E-state index is 0.144. The molecule has 2 fully saturated rings. The van der Waals surface area contributed by atoms with Crippen LogP contribution in [0.15, 0.2) is 0 Å². The van der Waals surface area contributed by atoms with Crippen molar-refractivity contribution in [1.29, 1.82) is 0 Å². The normalized spacial score (nSPS) is 30.9. The first-order valence-electron chi connectivity index (χ1n) is 7.15. The molecule has 1 aliphatic carbocycles. The molecule has 2 N–H and O–H groups in total. The fraction of sp³-hybridized carbons (Fsp3) is 1.00. The van der Waals surface area contributed by atoms with E-state index in [1.54, 1.807) is 0 Å². The van der Waals surface area contributed by atoms with Gasteiger partial charge >= 0.3 is 0 Å². The average molecular weight is 241 g/mol. The Hall–Kier alpha value is -0.120. The first-order chi connectivity index (χ1) is 8.08. The Balaban J connectivity index is 1.86. The van der Waals surface area contributed by atoms with Gasteiger partial charge in [0.2, 0.25) is 0 Å². The second-order valence-corrected chi connectivity index (χ2v) is 6.04. The van der Waals surface area contributed by atoms with Crippen molar-refractivity contribution >= 4 is 0 Å². The quantitative estimate of drug-likeness (QED) is 0.724. The van der Waals surface area contributed by atoms with E-state index in [9.17, 15) is 5.11 Å². The minimum Gasteiger partial charge on any atom is -0.390 e. The molecule has 0 radical (unpaired) electrons. The summed E-state index contributed by atoms with van der Waals surface area (Å²) < 4.78 is 5.93. The van der Waals surface area contributed by atoms with Crippen LogP contribution in [0.25, 0.3) is 0 Å². The number of nitrogens with one attached hydrogen (secondary N) is 1. The maximum atomic E-state index is 10.6. The minimum atomic E-state index is -0.533. The molecule has 2 rings (SSSR count). The van der Waals surface area contributed by atoms with Gasteiger partial charge in [-0.15, -0.1) is 0 Å². The molecule has 1 saturated heterocycles. The third-order valence-corrected chi connectivity index (χ3v) is 4.70. The van der Waals surface area contributed by atoms with Crippen LogP contribution in [0.4, 0.5) is 0 Å². The summed E-state index contributed by atoms with van der Waals surface area (Å²) in [7, 11) is 0. The van der Waals surface area contributed by atoms with Gasteiger partial charge in [-0.05, 0) is 64.5 Å². The molecule has 0 bridgehead atoms. The Morgan fingerprint density at radius 1 is 1.47 bits per heavy atom. The van der Waals surface area contributed by atoms with E-state index in [4.69, 9.17) is 4.74 Å². The van der Waals surface area contributed by atoms with Gasteiger partial charge in [0.25, 0.3) is 0 Å². The summed E-state index contributed by atoms with van der Waals surface area (Å²) in [6.45, 7) is 6.84. The fourth-order valence-corrected chi connectivity index (χ4v) is 3.20. The molecule has 2 unspecified atom stereocenters. The largest absolute Gasteiger partial charge is 0.390 e. The van der Waals surface area contributed by atoms with Crippen LogP contribution in [-0.4, -0.2) is 36.0 Å². The highest BCUT2D eigenvalue weighted by molar-refractivity contribution is 4.98. The van der Waals surface area contributed by atoms with Crippen LogP contribution in [0.2, 0.25) is 0 Å². The molecule has 0 aromatic rings. The molecule has 2 atom stereocenters. The molecular weight excluding hydrogens is 214 g/mol. The standard InChI is InChI=1S/C14H27NO2/c1-3-15-9-8-13(2,16)12-5-10-17-14(11-12)6-4-7-14/h12,15-16H,3-11H2,1-2H3. The molecule has 0 aromatic carbocycles. The van der Waals surface area contributed by atoms with Crippen LogP contribution in [-0.2, 0) is 4.74 Å². The van der Waals surface area contributed by atoms with E-state index in [1.807, 2.05) is 6.92 Å². The molecule has 1 aliphatic heterocycles. The van der Waals surface area contributed by atoms with Crippen LogP contribution in [0.3, 0.4) is 0 Å². The van der Waals surface area contributed by atoms with E-state index in [2.05, 4.69) is 12.2 Å². The van der Waals surface area contributed by atoms with Crippen LogP contribution in [0.1, 0.15) is 52.4 Å². The number of hydrogen-bond donors (Lipinski definition) is 2. The summed E-state index contributed by atoms with van der Waals surface area (Å²) in [6, 6.07) is 0. The number of hydrogen-bond acceptors (Lipinski definition) is 3. The highest BCUT2D eigenvalue weighted by atomic mass is 16.5. The van der Waals surface area contributed by atoms with Crippen LogP contribution in [0, 0.1) is 5.92 Å². The summed E-state index contributed by atoms with van der Waals surface area (Å²) in [6.07, 6.45) is 6.63. The smallest absolute Gasteiger partial charge is 0.0686 e.